The lowest BCUT2D eigenvalue weighted by Crippen LogP contribution is -2.35. The van der Waals surface area contributed by atoms with Crippen LogP contribution in [0.25, 0.3) is 0 Å². The van der Waals surface area contributed by atoms with Gasteiger partial charge in [-0.15, -0.1) is 6.58 Å². The largest absolute Gasteiger partial charge is 0.308 e. The zero-order chi connectivity index (χ0) is 15.2. The molecular weight excluding hydrogens is 251 g/mol. The Morgan fingerprint density at radius 1 is 1.35 bits per heavy atom. The summed E-state index contributed by atoms with van der Waals surface area (Å²) in [5.74, 6) is -0.132. The molecule has 0 fully saturated rings. The van der Waals surface area contributed by atoms with Gasteiger partial charge in [0.2, 0.25) is 0 Å². The molecule has 0 amide bonds. The van der Waals surface area contributed by atoms with Gasteiger partial charge in [-0.2, -0.15) is 0 Å². The maximum absolute atomic E-state index is 13.9. The van der Waals surface area contributed by atoms with E-state index >= 15 is 0 Å². The van der Waals surface area contributed by atoms with Gasteiger partial charge >= 0.3 is 0 Å². The van der Waals surface area contributed by atoms with E-state index in [2.05, 4.69) is 44.5 Å². The summed E-state index contributed by atoms with van der Waals surface area (Å²) in [6.07, 6.45) is 1.85. The zero-order valence-corrected chi connectivity index (χ0v) is 13.2. The van der Waals surface area contributed by atoms with E-state index in [0.717, 1.165) is 30.8 Å². The fourth-order valence-electron chi connectivity index (χ4n) is 1.96. The molecule has 1 aromatic carbocycles. The van der Waals surface area contributed by atoms with E-state index in [1.54, 1.807) is 6.07 Å². The summed E-state index contributed by atoms with van der Waals surface area (Å²) in [4.78, 5) is 2.16. The number of likely N-dealkylation sites (N-methyl/N-ethyl adjacent to an activating group) is 1. The van der Waals surface area contributed by atoms with Crippen molar-refractivity contribution < 1.29 is 4.39 Å². The highest BCUT2D eigenvalue weighted by Gasteiger charge is 2.11. The third kappa shape index (κ3) is 5.85. The van der Waals surface area contributed by atoms with Crippen molar-refractivity contribution in [2.24, 2.45) is 0 Å². The van der Waals surface area contributed by atoms with Crippen LogP contribution in [0.4, 0.5) is 4.39 Å². The molecular formula is C17H27FN2. The second kappa shape index (κ2) is 7.55. The normalized spacial score (nSPS) is 11.9. The van der Waals surface area contributed by atoms with Crippen LogP contribution in [0.3, 0.4) is 0 Å². The van der Waals surface area contributed by atoms with Crippen molar-refractivity contribution in [2.75, 3.05) is 13.1 Å². The summed E-state index contributed by atoms with van der Waals surface area (Å²) in [5, 5.41) is 3.43. The predicted molar refractivity (Wildman–Crippen MR) is 84.1 cm³/mol. The van der Waals surface area contributed by atoms with E-state index in [9.17, 15) is 4.39 Å². The van der Waals surface area contributed by atoms with Gasteiger partial charge in [-0.3, -0.25) is 4.90 Å². The lowest BCUT2D eigenvalue weighted by Gasteiger charge is -2.22. The summed E-state index contributed by atoms with van der Waals surface area (Å²) < 4.78 is 13.9. The molecule has 2 nitrogen and oxygen atoms in total. The molecule has 0 spiro atoms. The molecule has 0 heterocycles. The predicted octanol–water partition coefficient (Wildman–Crippen LogP) is 3.72. The summed E-state index contributed by atoms with van der Waals surface area (Å²) in [6, 6.07) is 5.37. The van der Waals surface area contributed by atoms with E-state index in [-0.39, 0.29) is 11.4 Å². The molecule has 0 bridgehead atoms. The topological polar surface area (TPSA) is 15.3 Å². The van der Waals surface area contributed by atoms with E-state index in [1.807, 2.05) is 18.2 Å². The van der Waals surface area contributed by atoms with Gasteiger partial charge < -0.3 is 5.32 Å². The lowest BCUT2D eigenvalue weighted by atomic mass is 10.1. The number of nitrogens with one attached hydrogen (secondary N) is 1. The first-order valence-electron chi connectivity index (χ1n) is 7.21. The summed E-state index contributed by atoms with van der Waals surface area (Å²) in [6.45, 7) is 15.2. The van der Waals surface area contributed by atoms with Crippen molar-refractivity contribution in [1.82, 2.24) is 10.2 Å². The Bertz CT molecular complexity index is 435. The molecule has 20 heavy (non-hydrogen) atoms. The monoisotopic (exact) mass is 278 g/mol. The van der Waals surface area contributed by atoms with E-state index < -0.39 is 0 Å². The number of nitrogens with zero attached hydrogens (tertiary/aromatic N) is 1. The van der Waals surface area contributed by atoms with Gasteiger partial charge in [0.1, 0.15) is 5.82 Å². The summed E-state index contributed by atoms with van der Waals surface area (Å²) in [5.41, 5.74) is 1.93. The molecule has 3 heteroatoms. The molecule has 0 aromatic heterocycles. The molecule has 1 N–H and O–H groups in total. The van der Waals surface area contributed by atoms with Crippen molar-refractivity contribution in [2.45, 2.75) is 46.3 Å². The van der Waals surface area contributed by atoms with Crippen LogP contribution in [0.2, 0.25) is 0 Å². The van der Waals surface area contributed by atoms with Gasteiger partial charge in [-0.1, -0.05) is 25.1 Å². The maximum atomic E-state index is 13.9. The van der Waals surface area contributed by atoms with Crippen LogP contribution in [-0.4, -0.2) is 23.5 Å². The van der Waals surface area contributed by atoms with Crippen LogP contribution in [-0.2, 0) is 13.1 Å². The Hall–Kier alpha value is -1.19. The number of benzene rings is 1. The van der Waals surface area contributed by atoms with Gasteiger partial charge in [0.05, 0.1) is 0 Å². The Labute approximate surface area is 122 Å². The molecule has 0 radical (unpaired) electrons. The summed E-state index contributed by atoms with van der Waals surface area (Å²) >= 11 is 0. The Balaban J connectivity index is 2.77. The molecule has 0 aliphatic carbocycles. The van der Waals surface area contributed by atoms with Crippen LogP contribution in [0, 0.1) is 5.82 Å². The van der Waals surface area contributed by atoms with Gasteiger partial charge in [0.15, 0.2) is 0 Å². The van der Waals surface area contributed by atoms with Crippen LogP contribution < -0.4 is 5.32 Å². The molecule has 0 saturated heterocycles. The number of halogens is 1. The highest BCUT2D eigenvalue weighted by atomic mass is 19.1. The molecule has 1 aromatic rings. The Kier molecular flexibility index (Phi) is 6.37. The third-order valence-corrected chi connectivity index (χ3v) is 3.16. The minimum absolute atomic E-state index is 0.0623. The number of hydrogen-bond acceptors (Lipinski definition) is 2. The van der Waals surface area contributed by atoms with Crippen molar-refractivity contribution in [1.29, 1.82) is 0 Å². The summed E-state index contributed by atoms with van der Waals surface area (Å²) in [7, 11) is 0. The Morgan fingerprint density at radius 3 is 2.60 bits per heavy atom. The van der Waals surface area contributed by atoms with Crippen LogP contribution in [0.1, 0.15) is 38.8 Å². The Morgan fingerprint density at radius 2 is 2.05 bits per heavy atom. The molecule has 0 aliphatic rings. The fourth-order valence-corrected chi connectivity index (χ4v) is 1.96. The maximum Gasteiger partial charge on any atom is 0.127 e. The highest BCUT2D eigenvalue weighted by Crippen LogP contribution is 2.14. The zero-order valence-electron chi connectivity index (χ0n) is 13.2. The first-order valence-corrected chi connectivity index (χ1v) is 7.21. The van der Waals surface area contributed by atoms with Crippen molar-refractivity contribution >= 4 is 0 Å². The van der Waals surface area contributed by atoms with Gasteiger partial charge in [-0.25, -0.2) is 4.39 Å². The fraction of sp³-hybridized carbons (Fsp3) is 0.529. The van der Waals surface area contributed by atoms with E-state index in [0.29, 0.717) is 6.54 Å². The second-order valence-electron chi connectivity index (χ2n) is 6.15. The van der Waals surface area contributed by atoms with Crippen LogP contribution >= 0.6 is 0 Å². The van der Waals surface area contributed by atoms with Crippen molar-refractivity contribution in [3.05, 3.63) is 47.8 Å². The van der Waals surface area contributed by atoms with E-state index in [1.165, 1.54) is 0 Å². The van der Waals surface area contributed by atoms with Crippen LogP contribution in [0.5, 0.6) is 0 Å². The SMILES string of the molecule is C=CCN(CC)Cc1cc(CNC(C)(C)C)ccc1F. The average molecular weight is 278 g/mol. The van der Waals surface area contributed by atoms with Crippen molar-refractivity contribution in [3.63, 3.8) is 0 Å². The standard InChI is InChI=1S/C17H27FN2/c1-6-10-20(7-2)13-15-11-14(8-9-16(15)18)12-19-17(3,4)5/h6,8-9,11,19H,1,7,10,12-13H2,2-5H3. The molecule has 0 atom stereocenters. The minimum Gasteiger partial charge on any atom is -0.308 e. The molecule has 0 unspecified atom stereocenters. The van der Waals surface area contributed by atoms with Crippen LogP contribution in [0.15, 0.2) is 30.9 Å². The van der Waals surface area contributed by atoms with Gasteiger partial charge in [0, 0.05) is 30.7 Å². The van der Waals surface area contributed by atoms with E-state index in [4.69, 9.17) is 0 Å². The van der Waals surface area contributed by atoms with Crippen molar-refractivity contribution in [3.8, 4) is 0 Å². The second-order valence-corrected chi connectivity index (χ2v) is 6.15. The highest BCUT2D eigenvalue weighted by molar-refractivity contribution is 5.25. The van der Waals surface area contributed by atoms with Gasteiger partial charge in [-0.05, 0) is 38.9 Å². The minimum atomic E-state index is -0.132. The quantitative estimate of drug-likeness (QED) is 0.765. The third-order valence-electron chi connectivity index (χ3n) is 3.16. The first kappa shape index (κ1) is 16.9. The molecule has 0 saturated carbocycles. The number of rotatable bonds is 7. The molecule has 1 rings (SSSR count). The molecule has 0 aliphatic heterocycles. The van der Waals surface area contributed by atoms with Gasteiger partial charge in [0.25, 0.3) is 0 Å². The lowest BCUT2D eigenvalue weighted by molar-refractivity contribution is 0.306. The molecule has 112 valence electrons. The number of hydrogen-bond donors (Lipinski definition) is 1. The first-order chi connectivity index (χ1) is 9.35. The average Bonchev–Trinajstić information content (AvgIpc) is 2.38. The smallest absolute Gasteiger partial charge is 0.127 e.